The van der Waals surface area contributed by atoms with E-state index in [2.05, 4.69) is 10.3 Å². The van der Waals surface area contributed by atoms with Gasteiger partial charge in [-0.1, -0.05) is 13.0 Å². The molecule has 1 heterocycles. The molecule has 0 amide bonds. The minimum Gasteiger partial charge on any atom is -0.490 e. The summed E-state index contributed by atoms with van der Waals surface area (Å²) < 4.78 is 5.65. The average molecular weight is 246 g/mol. The Hall–Kier alpha value is -1.65. The Morgan fingerprint density at radius 1 is 1.33 bits per heavy atom. The highest BCUT2D eigenvalue weighted by atomic mass is 16.5. The highest BCUT2D eigenvalue weighted by Crippen LogP contribution is 2.23. The van der Waals surface area contributed by atoms with Crippen molar-refractivity contribution in [3.63, 3.8) is 0 Å². The fourth-order valence-electron chi connectivity index (χ4n) is 1.76. The number of hydrogen-bond donors (Lipinski definition) is 2. The lowest BCUT2D eigenvalue weighted by Gasteiger charge is -2.13. The van der Waals surface area contributed by atoms with Crippen molar-refractivity contribution in [2.75, 3.05) is 19.7 Å². The number of hydrogen-bond acceptors (Lipinski definition) is 4. The lowest BCUT2D eigenvalue weighted by atomic mass is 10.2. The van der Waals surface area contributed by atoms with Crippen molar-refractivity contribution in [1.29, 1.82) is 0 Å². The number of nitrogens with zero attached hydrogens (tertiary/aromatic N) is 1. The van der Waals surface area contributed by atoms with Crippen LogP contribution in [0.15, 0.2) is 36.5 Å². The van der Waals surface area contributed by atoms with Crippen LogP contribution in [0.25, 0.3) is 10.9 Å². The summed E-state index contributed by atoms with van der Waals surface area (Å²) in [5.41, 5.74) is 0.899. The molecule has 0 aliphatic heterocycles. The summed E-state index contributed by atoms with van der Waals surface area (Å²) in [5.74, 6) is 0.760. The summed E-state index contributed by atoms with van der Waals surface area (Å²) in [6, 6.07) is 9.58. The fraction of sp³-hybridized carbons (Fsp3) is 0.357. The van der Waals surface area contributed by atoms with Crippen LogP contribution in [0.1, 0.15) is 6.92 Å². The van der Waals surface area contributed by atoms with Gasteiger partial charge in [0, 0.05) is 18.1 Å². The first-order valence-electron chi connectivity index (χ1n) is 6.16. The van der Waals surface area contributed by atoms with Crippen LogP contribution >= 0.6 is 0 Å². The molecule has 1 atom stereocenters. The Morgan fingerprint density at radius 3 is 3.06 bits per heavy atom. The SMILES string of the molecule is CCNCC(O)COc1cccc2ncccc12. The zero-order valence-electron chi connectivity index (χ0n) is 10.5. The number of aliphatic hydroxyl groups excluding tert-OH is 1. The van der Waals surface area contributed by atoms with Crippen LogP contribution in [-0.2, 0) is 0 Å². The van der Waals surface area contributed by atoms with Crippen molar-refractivity contribution in [3.8, 4) is 5.75 Å². The zero-order chi connectivity index (χ0) is 12.8. The molecule has 0 radical (unpaired) electrons. The first kappa shape index (κ1) is 12.8. The third kappa shape index (κ3) is 3.18. The smallest absolute Gasteiger partial charge is 0.128 e. The molecule has 0 aliphatic rings. The van der Waals surface area contributed by atoms with Crippen LogP contribution in [0, 0.1) is 0 Å². The average Bonchev–Trinajstić information content (AvgIpc) is 2.42. The summed E-state index contributed by atoms with van der Waals surface area (Å²) in [6.07, 6.45) is 1.25. The number of rotatable bonds is 6. The van der Waals surface area contributed by atoms with Crippen molar-refractivity contribution in [3.05, 3.63) is 36.5 Å². The molecule has 0 spiro atoms. The first-order chi connectivity index (χ1) is 8.81. The molecule has 1 aromatic carbocycles. The predicted octanol–water partition coefficient (Wildman–Crippen LogP) is 1.58. The molecule has 18 heavy (non-hydrogen) atoms. The largest absolute Gasteiger partial charge is 0.490 e. The van der Waals surface area contributed by atoms with Gasteiger partial charge in [-0.25, -0.2) is 0 Å². The molecule has 0 saturated carbocycles. The number of aromatic nitrogens is 1. The van der Waals surface area contributed by atoms with Crippen LogP contribution in [0.3, 0.4) is 0 Å². The van der Waals surface area contributed by atoms with Gasteiger partial charge in [-0.15, -0.1) is 0 Å². The maximum absolute atomic E-state index is 9.71. The molecule has 2 N–H and O–H groups in total. The number of pyridine rings is 1. The van der Waals surface area contributed by atoms with E-state index in [-0.39, 0.29) is 6.61 Å². The molecule has 4 nitrogen and oxygen atoms in total. The van der Waals surface area contributed by atoms with Crippen LogP contribution in [-0.4, -0.2) is 35.9 Å². The minimum atomic E-state index is -0.503. The van der Waals surface area contributed by atoms with E-state index in [0.717, 1.165) is 23.2 Å². The molecule has 4 heteroatoms. The minimum absolute atomic E-state index is 0.279. The highest BCUT2D eigenvalue weighted by molar-refractivity contribution is 5.84. The number of benzene rings is 1. The molecule has 0 aliphatic carbocycles. The first-order valence-corrected chi connectivity index (χ1v) is 6.16. The lowest BCUT2D eigenvalue weighted by molar-refractivity contribution is 0.108. The molecule has 2 rings (SSSR count). The van der Waals surface area contributed by atoms with Crippen molar-refractivity contribution >= 4 is 10.9 Å². The molecular weight excluding hydrogens is 228 g/mol. The normalized spacial score (nSPS) is 12.6. The molecule has 2 aromatic rings. The van der Waals surface area contributed by atoms with Crippen molar-refractivity contribution in [2.24, 2.45) is 0 Å². The third-order valence-corrected chi connectivity index (χ3v) is 2.67. The molecular formula is C14H18N2O2. The Balaban J connectivity index is 2.03. The maximum atomic E-state index is 9.71. The van der Waals surface area contributed by atoms with Gasteiger partial charge in [-0.3, -0.25) is 4.98 Å². The van der Waals surface area contributed by atoms with E-state index in [4.69, 9.17) is 4.74 Å². The third-order valence-electron chi connectivity index (χ3n) is 2.67. The van der Waals surface area contributed by atoms with Gasteiger partial charge in [-0.2, -0.15) is 0 Å². The second-order valence-corrected chi connectivity index (χ2v) is 4.10. The van der Waals surface area contributed by atoms with Gasteiger partial charge >= 0.3 is 0 Å². The summed E-state index contributed by atoms with van der Waals surface area (Å²) in [4.78, 5) is 4.26. The van der Waals surface area contributed by atoms with E-state index < -0.39 is 6.10 Å². The van der Waals surface area contributed by atoms with Crippen LogP contribution in [0.4, 0.5) is 0 Å². The van der Waals surface area contributed by atoms with Gasteiger partial charge in [-0.05, 0) is 30.8 Å². The van der Waals surface area contributed by atoms with E-state index in [1.807, 2.05) is 37.3 Å². The summed E-state index contributed by atoms with van der Waals surface area (Å²) in [5, 5.41) is 13.8. The topological polar surface area (TPSA) is 54.4 Å². The monoisotopic (exact) mass is 246 g/mol. The summed E-state index contributed by atoms with van der Waals surface area (Å²) in [7, 11) is 0. The maximum Gasteiger partial charge on any atom is 0.128 e. The standard InChI is InChI=1S/C14H18N2O2/c1-2-15-9-11(17)10-18-14-7-3-6-13-12(14)5-4-8-16-13/h3-8,11,15,17H,2,9-10H2,1H3. The number of aliphatic hydroxyl groups is 1. The van der Waals surface area contributed by atoms with Gasteiger partial charge in [0.2, 0.25) is 0 Å². The van der Waals surface area contributed by atoms with Crippen LogP contribution in [0.2, 0.25) is 0 Å². The molecule has 0 fully saturated rings. The molecule has 96 valence electrons. The fourth-order valence-corrected chi connectivity index (χ4v) is 1.76. The van der Waals surface area contributed by atoms with Gasteiger partial charge in [0.1, 0.15) is 18.5 Å². The highest BCUT2D eigenvalue weighted by Gasteiger charge is 2.06. The molecule has 1 unspecified atom stereocenters. The Labute approximate surface area is 107 Å². The van der Waals surface area contributed by atoms with Crippen LogP contribution in [0.5, 0.6) is 5.75 Å². The Kier molecular flexibility index (Phi) is 4.50. The Morgan fingerprint density at radius 2 is 2.22 bits per heavy atom. The van der Waals surface area contributed by atoms with Crippen molar-refractivity contribution in [2.45, 2.75) is 13.0 Å². The summed E-state index contributed by atoms with van der Waals surface area (Å²) >= 11 is 0. The van der Waals surface area contributed by atoms with Gasteiger partial charge in [0.05, 0.1) is 5.52 Å². The lowest BCUT2D eigenvalue weighted by Crippen LogP contribution is -2.31. The molecule has 0 bridgehead atoms. The number of ether oxygens (including phenoxy) is 1. The van der Waals surface area contributed by atoms with E-state index in [1.165, 1.54) is 0 Å². The predicted molar refractivity (Wildman–Crippen MR) is 71.8 cm³/mol. The summed E-state index contributed by atoms with van der Waals surface area (Å²) in [6.45, 7) is 3.67. The van der Waals surface area contributed by atoms with Crippen molar-refractivity contribution in [1.82, 2.24) is 10.3 Å². The molecule has 0 saturated heterocycles. The van der Waals surface area contributed by atoms with Crippen LogP contribution < -0.4 is 10.1 Å². The Bertz CT molecular complexity index is 497. The second-order valence-electron chi connectivity index (χ2n) is 4.10. The van der Waals surface area contributed by atoms with E-state index in [9.17, 15) is 5.11 Å². The van der Waals surface area contributed by atoms with Gasteiger partial charge < -0.3 is 15.2 Å². The number of nitrogens with one attached hydrogen (secondary N) is 1. The molecule has 1 aromatic heterocycles. The van der Waals surface area contributed by atoms with Crippen molar-refractivity contribution < 1.29 is 9.84 Å². The second kappa shape index (κ2) is 6.33. The van der Waals surface area contributed by atoms with Gasteiger partial charge in [0.15, 0.2) is 0 Å². The van der Waals surface area contributed by atoms with E-state index in [0.29, 0.717) is 6.54 Å². The quantitative estimate of drug-likeness (QED) is 0.812. The van der Waals surface area contributed by atoms with E-state index in [1.54, 1.807) is 6.20 Å². The zero-order valence-corrected chi connectivity index (χ0v) is 10.5. The number of likely N-dealkylation sites (N-methyl/N-ethyl adjacent to an activating group) is 1. The van der Waals surface area contributed by atoms with E-state index >= 15 is 0 Å². The number of fused-ring (bicyclic) bond motifs is 1. The van der Waals surface area contributed by atoms with Gasteiger partial charge in [0.25, 0.3) is 0 Å².